The third-order valence-corrected chi connectivity index (χ3v) is 6.84. The second-order valence-electron chi connectivity index (χ2n) is 7.17. The number of amides is 1. The maximum Gasteiger partial charge on any atom is 0.271 e. The topological polar surface area (TPSA) is 67.8 Å². The Labute approximate surface area is 192 Å². The summed E-state index contributed by atoms with van der Waals surface area (Å²) in [4.78, 5) is 34.0. The van der Waals surface area contributed by atoms with Crippen molar-refractivity contribution in [2.75, 3.05) is 13.1 Å². The first-order valence-corrected chi connectivity index (χ1v) is 11.6. The van der Waals surface area contributed by atoms with Crippen molar-refractivity contribution in [3.8, 4) is 0 Å². The molecule has 1 aliphatic heterocycles. The van der Waals surface area contributed by atoms with Gasteiger partial charge in [0.05, 0.1) is 34.4 Å². The average molecular weight is 500 g/mol. The van der Waals surface area contributed by atoms with Crippen LogP contribution in [0.25, 0.3) is 6.08 Å². The van der Waals surface area contributed by atoms with Gasteiger partial charge >= 0.3 is 0 Å². The second kappa shape index (κ2) is 8.80. The van der Waals surface area contributed by atoms with E-state index in [1.165, 1.54) is 11.3 Å². The highest BCUT2D eigenvalue weighted by Gasteiger charge is 2.34. The molecule has 160 valence electrons. The number of hydrogen-bond acceptors (Lipinski definition) is 5. The van der Waals surface area contributed by atoms with Crippen molar-refractivity contribution in [3.05, 3.63) is 89.4 Å². The Hall–Kier alpha value is -2.71. The smallest absolute Gasteiger partial charge is 0.271 e. The van der Waals surface area contributed by atoms with E-state index in [2.05, 4.69) is 20.9 Å². The van der Waals surface area contributed by atoms with E-state index in [1.807, 2.05) is 45.0 Å². The predicted molar refractivity (Wildman–Crippen MR) is 125 cm³/mol. The van der Waals surface area contributed by atoms with E-state index in [0.29, 0.717) is 33.7 Å². The summed E-state index contributed by atoms with van der Waals surface area (Å²) in [6.45, 7) is 6.92. The fraction of sp³-hybridized carbons (Fsp3) is 0.261. The summed E-state index contributed by atoms with van der Waals surface area (Å²) in [5.74, 6) is -0.0942. The van der Waals surface area contributed by atoms with Crippen molar-refractivity contribution in [2.24, 2.45) is 4.99 Å². The van der Waals surface area contributed by atoms with Crippen LogP contribution in [0.4, 0.5) is 0 Å². The predicted octanol–water partition coefficient (Wildman–Crippen LogP) is 3.46. The lowest BCUT2D eigenvalue weighted by molar-refractivity contribution is -0.127. The number of allylic oxidation sites excluding steroid dienone is 1. The molecule has 8 heteroatoms. The van der Waals surface area contributed by atoms with Crippen molar-refractivity contribution in [2.45, 2.75) is 26.8 Å². The van der Waals surface area contributed by atoms with Gasteiger partial charge in [0.15, 0.2) is 4.80 Å². The summed E-state index contributed by atoms with van der Waals surface area (Å²) in [5.41, 5.74) is 2.68. The summed E-state index contributed by atoms with van der Waals surface area (Å²) in [5, 5.41) is 0. The van der Waals surface area contributed by atoms with E-state index in [1.54, 1.807) is 34.1 Å². The molecule has 1 amide bonds. The van der Waals surface area contributed by atoms with Gasteiger partial charge in [0.1, 0.15) is 0 Å². The Morgan fingerprint density at radius 3 is 2.58 bits per heavy atom. The van der Waals surface area contributed by atoms with Gasteiger partial charge in [0, 0.05) is 23.1 Å². The maximum absolute atomic E-state index is 13.5. The molecule has 0 saturated carbocycles. The Balaban J connectivity index is 1.97. The van der Waals surface area contributed by atoms with Crippen molar-refractivity contribution in [1.29, 1.82) is 0 Å². The molecule has 0 unspecified atom stereocenters. The van der Waals surface area contributed by atoms with Gasteiger partial charge in [-0.3, -0.25) is 14.2 Å². The molecule has 1 aliphatic rings. The minimum Gasteiger partial charge on any atom is -0.472 e. The van der Waals surface area contributed by atoms with Crippen LogP contribution in [0.3, 0.4) is 0 Å². The highest BCUT2D eigenvalue weighted by Crippen LogP contribution is 2.31. The first-order valence-electron chi connectivity index (χ1n) is 10.0. The number of halogens is 1. The van der Waals surface area contributed by atoms with E-state index in [9.17, 15) is 9.59 Å². The second-order valence-corrected chi connectivity index (χ2v) is 9.09. The molecular formula is C23H22BrN3O3S. The molecule has 3 heterocycles. The molecule has 0 spiro atoms. The molecule has 4 rings (SSSR count). The molecular weight excluding hydrogens is 478 g/mol. The minimum atomic E-state index is -0.538. The molecule has 0 radical (unpaired) electrons. The Bertz CT molecular complexity index is 1310. The summed E-state index contributed by atoms with van der Waals surface area (Å²) >= 11 is 4.79. The number of carbonyl (C=O) groups excluding carboxylic acids is 1. The number of aromatic nitrogens is 1. The van der Waals surface area contributed by atoms with E-state index >= 15 is 0 Å². The van der Waals surface area contributed by atoms with Crippen molar-refractivity contribution < 1.29 is 9.21 Å². The summed E-state index contributed by atoms with van der Waals surface area (Å²) in [7, 11) is 0. The van der Waals surface area contributed by atoms with Gasteiger partial charge in [-0.25, -0.2) is 4.99 Å². The molecule has 0 saturated heterocycles. The zero-order chi connectivity index (χ0) is 22.1. The van der Waals surface area contributed by atoms with Gasteiger partial charge in [-0.15, -0.1) is 0 Å². The molecule has 1 atom stereocenters. The van der Waals surface area contributed by atoms with Gasteiger partial charge in [-0.1, -0.05) is 39.4 Å². The van der Waals surface area contributed by atoms with Crippen LogP contribution in [-0.2, 0) is 4.79 Å². The van der Waals surface area contributed by atoms with Crippen LogP contribution < -0.4 is 14.9 Å². The minimum absolute atomic E-state index is 0.0942. The third kappa shape index (κ3) is 3.97. The van der Waals surface area contributed by atoms with E-state index in [4.69, 9.17) is 4.42 Å². The number of nitrogens with zero attached hydrogens (tertiary/aromatic N) is 3. The standard InChI is InChI=1S/C23H22BrN3O3S/c1-4-26(5-2)22(29)19-14(3)25-23-27(20(19)16-6-8-17(24)9-7-16)21(28)18(31-23)12-15-10-11-30-13-15/h6-13,20H,4-5H2,1-3H3/b18-12+/t20-/m0/s1. The van der Waals surface area contributed by atoms with Crippen molar-refractivity contribution >= 4 is 39.2 Å². The lowest BCUT2D eigenvalue weighted by atomic mass is 9.94. The zero-order valence-electron chi connectivity index (χ0n) is 17.5. The van der Waals surface area contributed by atoms with Crippen LogP contribution in [-0.4, -0.2) is 28.5 Å². The van der Waals surface area contributed by atoms with Crippen LogP contribution in [0.15, 0.2) is 72.8 Å². The van der Waals surface area contributed by atoms with Crippen molar-refractivity contribution in [1.82, 2.24) is 9.47 Å². The number of benzene rings is 1. The Kier molecular flexibility index (Phi) is 6.11. The number of hydrogen-bond donors (Lipinski definition) is 0. The molecule has 31 heavy (non-hydrogen) atoms. The number of carbonyl (C=O) groups is 1. The maximum atomic E-state index is 13.5. The molecule has 0 N–H and O–H groups in total. The van der Waals surface area contributed by atoms with Crippen LogP contribution >= 0.6 is 27.3 Å². The van der Waals surface area contributed by atoms with Gasteiger partial charge in [-0.05, 0) is 50.6 Å². The fourth-order valence-electron chi connectivity index (χ4n) is 3.75. The third-order valence-electron chi connectivity index (χ3n) is 5.33. The number of thiazole rings is 1. The van der Waals surface area contributed by atoms with E-state index in [-0.39, 0.29) is 11.5 Å². The largest absolute Gasteiger partial charge is 0.472 e. The highest BCUT2D eigenvalue weighted by atomic mass is 79.9. The molecule has 0 bridgehead atoms. The van der Waals surface area contributed by atoms with Gasteiger partial charge in [-0.2, -0.15) is 0 Å². The van der Waals surface area contributed by atoms with E-state index in [0.717, 1.165) is 15.6 Å². The molecule has 0 fully saturated rings. The highest BCUT2D eigenvalue weighted by molar-refractivity contribution is 9.10. The molecule has 6 nitrogen and oxygen atoms in total. The molecule has 2 aromatic heterocycles. The quantitative estimate of drug-likeness (QED) is 0.539. The number of likely N-dealkylation sites (N-methyl/N-ethyl adjacent to an activating group) is 1. The number of fused-ring (bicyclic) bond motifs is 1. The van der Waals surface area contributed by atoms with Crippen LogP contribution in [0, 0.1) is 0 Å². The SMILES string of the molecule is CCN(CC)C(=O)C1=C(C)N=c2s/c(=C/c3ccoc3)c(=O)n2[C@H]1c1ccc(Br)cc1. The first-order chi connectivity index (χ1) is 14.9. The lowest BCUT2D eigenvalue weighted by Gasteiger charge is -2.29. The van der Waals surface area contributed by atoms with Crippen LogP contribution in [0.5, 0.6) is 0 Å². The first kappa shape index (κ1) is 21.5. The fourth-order valence-corrected chi connectivity index (χ4v) is 5.06. The average Bonchev–Trinajstić information content (AvgIpc) is 3.37. The van der Waals surface area contributed by atoms with E-state index < -0.39 is 6.04 Å². The van der Waals surface area contributed by atoms with Gasteiger partial charge < -0.3 is 9.32 Å². The van der Waals surface area contributed by atoms with Crippen LogP contribution in [0.2, 0.25) is 0 Å². The monoisotopic (exact) mass is 499 g/mol. The van der Waals surface area contributed by atoms with Gasteiger partial charge in [0.2, 0.25) is 0 Å². The van der Waals surface area contributed by atoms with Crippen LogP contribution in [0.1, 0.15) is 37.9 Å². The normalized spacial score (nSPS) is 16.3. The number of rotatable bonds is 5. The summed E-state index contributed by atoms with van der Waals surface area (Å²) in [6, 6.07) is 8.98. The van der Waals surface area contributed by atoms with Gasteiger partial charge in [0.25, 0.3) is 11.5 Å². The van der Waals surface area contributed by atoms with Crippen molar-refractivity contribution in [3.63, 3.8) is 0 Å². The molecule has 1 aromatic carbocycles. The summed E-state index contributed by atoms with van der Waals surface area (Å²) in [6.07, 6.45) is 4.95. The Morgan fingerprint density at radius 2 is 1.97 bits per heavy atom. The zero-order valence-corrected chi connectivity index (χ0v) is 19.9. The molecule has 3 aromatic rings. The lowest BCUT2D eigenvalue weighted by Crippen LogP contribution is -2.43. The number of furan rings is 1. The summed E-state index contributed by atoms with van der Waals surface area (Å²) < 4.78 is 8.25. The molecule has 0 aliphatic carbocycles. The Morgan fingerprint density at radius 1 is 1.26 bits per heavy atom.